The van der Waals surface area contributed by atoms with Crippen LogP contribution in [0.15, 0.2) is 11.4 Å². The van der Waals surface area contributed by atoms with Gasteiger partial charge < -0.3 is 4.74 Å². The molecule has 0 N–H and O–H groups in total. The second kappa shape index (κ2) is 7.23. The van der Waals surface area contributed by atoms with E-state index in [1.54, 1.807) is 11.3 Å². The monoisotopic (exact) mass is 314 g/mol. The zero-order chi connectivity index (χ0) is 13.8. The molecule has 1 aromatic heterocycles. The van der Waals surface area contributed by atoms with Gasteiger partial charge >= 0.3 is 0 Å². The van der Waals surface area contributed by atoms with Gasteiger partial charge in [0.15, 0.2) is 0 Å². The molecule has 0 radical (unpaired) electrons. The van der Waals surface area contributed by atoms with Crippen molar-refractivity contribution >= 4 is 22.9 Å². The number of piperidine rings is 1. The molecule has 0 spiro atoms. The third kappa shape index (κ3) is 3.95. The molecule has 0 unspecified atom stereocenters. The highest BCUT2D eigenvalue weighted by molar-refractivity contribution is 7.10. The largest absolute Gasteiger partial charge is 0.379 e. The maximum atomic E-state index is 6.21. The SMILES string of the molecule is Clc1ccsc1CN1CCC[C@H](CN2CCOCC2)C1. The van der Waals surface area contributed by atoms with Crippen molar-refractivity contribution in [1.29, 1.82) is 0 Å². The first kappa shape index (κ1) is 14.8. The van der Waals surface area contributed by atoms with Crippen LogP contribution in [-0.2, 0) is 11.3 Å². The maximum Gasteiger partial charge on any atom is 0.0594 e. The predicted octanol–water partition coefficient (Wildman–Crippen LogP) is 2.95. The van der Waals surface area contributed by atoms with Gasteiger partial charge in [-0.05, 0) is 36.8 Å². The van der Waals surface area contributed by atoms with E-state index in [0.717, 1.165) is 43.8 Å². The van der Waals surface area contributed by atoms with Crippen LogP contribution in [0.4, 0.5) is 0 Å². The molecule has 0 bridgehead atoms. The number of morpholine rings is 1. The van der Waals surface area contributed by atoms with Crippen LogP contribution in [0.5, 0.6) is 0 Å². The summed E-state index contributed by atoms with van der Waals surface area (Å²) in [5, 5.41) is 3.03. The Balaban J connectivity index is 1.49. The summed E-state index contributed by atoms with van der Waals surface area (Å²) in [5.74, 6) is 0.806. The average molecular weight is 315 g/mol. The Labute approximate surface area is 130 Å². The molecule has 0 saturated carbocycles. The first-order chi connectivity index (χ1) is 9.81. The molecule has 2 aliphatic heterocycles. The van der Waals surface area contributed by atoms with Gasteiger partial charge in [0.05, 0.1) is 18.2 Å². The highest BCUT2D eigenvalue weighted by atomic mass is 35.5. The smallest absolute Gasteiger partial charge is 0.0594 e. The summed E-state index contributed by atoms with van der Waals surface area (Å²) in [6.07, 6.45) is 2.68. The van der Waals surface area contributed by atoms with Gasteiger partial charge in [-0.25, -0.2) is 0 Å². The third-order valence-electron chi connectivity index (χ3n) is 4.28. The summed E-state index contributed by atoms with van der Waals surface area (Å²) in [7, 11) is 0. The first-order valence-electron chi connectivity index (χ1n) is 7.55. The van der Waals surface area contributed by atoms with E-state index in [1.807, 2.05) is 6.07 Å². The molecular weight excluding hydrogens is 292 g/mol. The van der Waals surface area contributed by atoms with Crippen LogP contribution in [0.25, 0.3) is 0 Å². The molecule has 0 amide bonds. The van der Waals surface area contributed by atoms with Crippen molar-refractivity contribution < 1.29 is 4.74 Å². The van der Waals surface area contributed by atoms with Crippen molar-refractivity contribution in [2.45, 2.75) is 19.4 Å². The van der Waals surface area contributed by atoms with Gasteiger partial charge in [0.2, 0.25) is 0 Å². The molecule has 5 heteroatoms. The van der Waals surface area contributed by atoms with Crippen LogP contribution < -0.4 is 0 Å². The second-order valence-electron chi connectivity index (χ2n) is 5.85. The highest BCUT2D eigenvalue weighted by Gasteiger charge is 2.23. The van der Waals surface area contributed by atoms with Crippen LogP contribution in [0.3, 0.4) is 0 Å². The molecule has 3 nitrogen and oxygen atoms in total. The summed E-state index contributed by atoms with van der Waals surface area (Å²) in [6, 6.07) is 2.01. The topological polar surface area (TPSA) is 15.7 Å². The minimum Gasteiger partial charge on any atom is -0.379 e. The van der Waals surface area contributed by atoms with Crippen LogP contribution in [0, 0.1) is 5.92 Å². The summed E-state index contributed by atoms with van der Waals surface area (Å²) < 4.78 is 5.43. The van der Waals surface area contributed by atoms with E-state index in [2.05, 4.69) is 15.2 Å². The van der Waals surface area contributed by atoms with Gasteiger partial charge in [-0.15, -0.1) is 11.3 Å². The van der Waals surface area contributed by atoms with Crippen molar-refractivity contribution in [2.75, 3.05) is 45.9 Å². The van der Waals surface area contributed by atoms with Crippen molar-refractivity contribution in [1.82, 2.24) is 9.80 Å². The molecule has 2 saturated heterocycles. The fourth-order valence-electron chi connectivity index (χ4n) is 3.23. The van der Waals surface area contributed by atoms with Crippen LogP contribution in [-0.4, -0.2) is 55.7 Å². The lowest BCUT2D eigenvalue weighted by Gasteiger charge is -2.36. The molecule has 0 aromatic carbocycles. The van der Waals surface area contributed by atoms with Gasteiger partial charge in [-0.3, -0.25) is 9.80 Å². The van der Waals surface area contributed by atoms with Crippen molar-refractivity contribution in [3.63, 3.8) is 0 Å². The van der Waals surface area contributed by atoms with Crippen molar-refractivity contribution in [2.24, 2.45) is 5.92 Å². The Kier molecular flexibility index (Phi) is 5.35. The second-order valence-corrected chi connectivity index (χ2v) is 7.26. The van der Waals surface area contributed by atoms with E-state index in [0.29, 0.717) is 0 Å². The van der Waals surface area contributed by atoms with Gasteiger partial charge in [0, 0.05) is 37.6 Å². The van der Waals surface area contributed by atoms with Gasteiger partial charge in [0.25, 0.3) is 0 Å². The zero-order valence-corrected chi connectivity index (χ0v) is 13.5. The summed E-state index contributed by atoms with van der Waals surface area (Å²) in [4.78, 5) is 6.46. The van der Waals surface area contributed by atoms with E-state index < -0.39 is 0 Å². The van der Waals surface area contributed by atoms with Crippen molar-refractivity contribution in [3.8, 4) is 0 Å². The molecule has 20 heavy (non-hydrogen) atoms. The number of nitrogens with zero attached hydrogens (tertiary/aromatic N) is 2. The maximum absolute atomic E-state index is 6.21. The number of hydrogen-bond donors (Lipinski definition) is 0. The number of halogens is 1. The molecule has 112 valence electrons. The number of likely N-dealkylation sites (tertiary alicyclic amines) is 1. The van der Waals surface area contributed by atoms with Gasteiger partial charge in [-0.1, -0.05) is 11.6 Å². The van der Waals surface area contributed by atoms with Crippen LogP contribution >= 0.6 is 22.9 Å². The fourth-order valence-corrected chi connectivity index (χ4v) is 4.37. The highest BCUT2D eigenvalue weighted by Crippen LogP contribution is 2.26. The zero-order valence-electron chi connectivity index (χ0n) is 11.9. The van der Waals surface area contributed by atoms with E-state index in [9.17, 15) is 0 Å². The standard InChI is InChI=1S/C15H23ClN2OS/c16-14-3-9-20-15(14)12-18-4-1-2-13(11-18)10-17-5-7-19-8-6-17/h3,9,13H,1-2,4-8,10-12H2/t13-/m1/s1. The first-order valence-corrected chi connectivity index (χ1v) is 8.81. The number of ether oxygens (including phenoxy) is 1. The number of hydrogen-bond acceptors (Lipinski definition) is 4. The molecule has 2 aliphatic rings. The quantitative estimate of drug-likeness (QED) is 0.850. The lowest BCUT2D eigenvalue weighted by Crippen LogP contribution is -2.44. The Bertz CT molecular complexity index is 420. The van der Waals surface area contributed by atoms with Gasteiger partial charge in [-0.2, -0.15) is 0 Å². The molecule has 1 atom stereocenters. The summed E-state index contributed by atoms with van der Waals surface area (Å²) >= 11 is 7.99. The summed E-state index contributed by atoms with van der Waals surface area (Å²) in [6.45, 7) is 8.70. The number of thiophene rings is 1. The van der Waals surface area contributed by atoms with Crippen molar-refractivity contribution in [3.05, 3.63) is 21.3 Å². The predicted molar refractivity (Wildman–Crippen MR) is 84.6 cm³/mol. The molecule has 3 rings (SSSR count). The Morgan fingerprint density at radius 3 is 2.85 bits per heavy atom. The Morgan fingerprint density at radius 2 is 2.10 bits per heavy atom. The minimum absolute atomic E-state index is 0.806. The van der Waals surface area contributed by atoms with E-state index in [1.165, 1.54) is 37.4 Å². The van der Waals surface area contributed by atoms with Crippen LogP contribution in [0.2, 0.25) is 5.02 Å². The molecule has 3 heterocycles. The van der Waals surface area contributed by atoms with Crippen LogP contribution in [0.1, 0.15) is 17.7 Å². The Hall–Kier alpha value is -0.130. The van der Waals surface area contributed by atoms with E-state index in [4.69, 9.17) is 16.3 Å². The lowest BCUT2D eigenvalue weighted by molar-refractivity contribution is 0.0225. The van der Waals surface area contributed by atoms with E-state index >= 15 is 0 Å². The van der Waals surface area contributed by atoms with Gasteiger partial charge in [0.1, 0.15) is 0 Å². The average Bonchev–Trinajstić information content (AvgIpc) is 2.86. The normalized spacial score (nSPS) is 25.9. The fraction of sp³-hybridized carbons (Fsp3) is 0.733. The minimum atomic E-state index is 0.806. The third-order valence-corrected chi connectivity index (χ3v) is 5.65. The summed E-state index contributed by atoms with van der Waals surface area (Å²) in [5.41, 5.74) is 0. The number of rotatable bonds is 4. The molecule has 1 aromatic rings. The molecule has 2 fully saturated rings. The molecular formula is C15H23ClN2OS. The Morgan fingerprint density at radius 1 is 1.25 bits per heavy atom. The van der Waals surface area contributed by atoms with E-state index in [-0.39, 0.29) is 0 Å². The lowest BCUT2D eigenvalue weighted by atomic mass is 9.97. The molecule has 0 aliphatic carbocycles.